The van der Waals surface area contributed by atoms with Crippen molar-refractivity contribution in [3.63, 3.8) is 0 Å². The van der Waals surface area contributed by atoms with Crippen molar-refractivity contribution in [2.24, 2.45) is 4.99 Å². The maximum absolute atomic E-state index is 12.0. The van der Waals surface area contributed by atoms with Crippen molar-refractivity contribution in [1.82, 2.24) is 25.1 Å². The number of piperazine rings is 1. The minimum atomic E-state index is -0.0105. The van der Waals surface area contributed by atoms with Crippen LogP contribution in [0.2, 0.25) is 0 Å². The number of likely N-dealkylation sites (N-methyl/N-ethyl adjacent to an activating group) is 1. The van der Waals surface area contributed by atoms with Crippen molar-refractivity contribution in [2.75, 3.05) is 58.3 Å². The Labute approximate surface area is 172 Å². The Hall–Kier alpha value is -3.16. The van der Waals surface area contributed by atoms with Crippen molar-refractivity contribution < 1.29 is 4.79 Å². The van der Waals surface area contributed by atoms with Gasteiger partial charge >= 0.3 is 0 Å². The number of rotatable bonds is 6. The highest BCUT2D eigenvalue weighted by Gasteiger charge is 2.21. The Morgan fingerprint density at radius 1 is 1.07 bits per heavy atom. The molecule has 8 nitrogen and oxygen atoms in total. The first-order chi connectivity index (χ1) is 14.1. The van der Waals surface area contributed by atoms with E-state index in [1.807, 2.05) is 24.3 Å². The highest BCUT2D eigenvalue weighted by atomic mass is 16.2. The molecule has 1 N–H and O–H groups in total. The average Bonchev–Trinajstić information content (AvgIpc) is 2.77. The standard InChI is InChI=1S/C21H29N7O/c1-26(2)19(29)17-25-21(24-12-9-18-7-4-3-5-8-18)28-15-13-27(14-16-28)20-22-10-6-11-23-20/h3-8,10-11H,9,12-17H2,1-2H3,(H,24,25). The number of hydrogen-bond donors (Lipinski definition) is 1. The van der Waals surface area contributed by atoms with Crippen LogP contribution < -0.4 is 10.2 Å². The molecule has 0 unspecified atom stereocenters. The minimum Gasteiger partial charge on any atom is -0.356 e. The first-order valence-electron chi connectivity index (χ1n) is 9.93. The minimum absolute atomic E-state index is 0.0105. The van der Waals surface area contributed by atoms with E-state index in [9.17, 15) is 4.79 Å². The quantitative estimate of drug-likeness (QED) is 0.578. The Morgan fingerprint density at radius 2 is 1.76 bits per heavy atom. The summed E-state index contributed by atoms with van der Waals surface area (Å²) in [6, 6.07) is 12.2. The van der Waals surface area contributed by atoms with Gasteiger partial charge in [-0.05, 0) is 18.1 Å². The monoisotopic (exact) mass is 395 g/mol. The fourth-order valence-corrected chi connectivity index (χ4v) is 3.09. The number of carbonyl (C=O) groups is 1. The summed E-state index contributed by atoms with van der Waals surface area (Å²) in [7, 11) is 3.50. The smallest absolute Gasteiger partial charge is 0.243 e. The summed E-state index contributed by atoms with van der Waals surface area (Å²) in [6.07, 6.45) is 4.43. The fourth-order valence-electron chi connectivity index (χ4n) is 3.09. The van der Waals surface area contributed by atoms with Gasteiger partial charge < -0.3 is 20.0 Å². The first-order valence-corrected chi connectivity index (χ1v) is 9.93. The number of benzene rings is 1. The van der Waals surface area contributed by atoms with E-state index < -0.39 is 0 Å². The van der Waals surface area contributed by atoms with E-state index in [4.69, 9.17) is 0 Å². The number of aliphatic imine (C=N–C) groups is 1. The molecule has 1 aromatic heterocycles. The summed E-state index contributed by atoms with van der Waals surface area (Å²) in [4.78, 5) is 31.2. The van der Waals surface area contributed by atoms with Crippen LogP contribution in [0.25, 0.3) is 0 Å². The highest BCUT2D eigenvalue weighted by molar-refractivity contribution is 5.85. The van der Waals surface area contributed by atoms with E-state index in [1.54, 1.807) is 31.4 Å². The zero-order chi connectivity index (χ0) is 20.5. The number of nitrogens with zero attached hydrogens (tertiary/aromatic N) is 6. The van der Waals surface area contributed by atoms with Crippen LogP contribution in [0, 0.1) is 0 Å². The van der Waals surface area contributed by atoms with Gasteiger partial charge in [-0.15, -0.1) is 0 Å². The lowest BCUT2D eigenvalue weighted by Gasteiger charge is -2.36. The topological polar surface area (TPSA) is 77.0 Å². The number of nitrogens with one attached hydrogen (secondary N) is 1. The normalized spacial score (nSPS) is 14.6. The number of hydrogen-bond acceptors (Lipinski definition) is 5. The van der Waals surface area contributed by atoms with Gasteiger partial charge in [0.15, 0.2) is 5.96 Å². The van der Waals surface area contributed by atoms with Gasteiger partial charge in [-0.25, -0.2) is 15.0 Å². The van der Waals surface area contributed by atoms with E-state index in [-0.39, 0.29) is 12.5 Å². The van der Waals surface area contributed by atoms with Crippen molar-refractivity contribution in [2.45, 2.75) is 6.42 Å². The molecular formula is C21H29N7O. The Balaban J connectivity index is 1.60. The summed E-state index contributed by atoms with van der Waals surface area (Å²) in [6.45, 7) is 4.12. The average molecular weight is 396 g/mol. The van der Waals surface area contributed by atoms with Crippen LogP contribution in [0.4, 0.5) is 5.95 Å². The number of guanidine groups is 1. The molecule has 29 heavy (non-hydrogen) atoms. The third-order valence-electron chi connectivity index (χ3n) is 4.82. The largest absolute Gasteiger partial charge is 0.356 e. The van der Waals surface area contributed by atoms with Gasteiger partial charge in [0.05, 0.1) is 0 Å². The molecule has 1 fully saturated rings. The van der Waals surface area contributed by atoms with Gasteiger partial charge in [0, 0.05) is 59.2 Å². The van der Waals surface area contributed by atoms with Crippen molar-refractivity contribution in [3.8, 4) is 0 Å². The van der Waals surface area contributed by atoms with E-state index in [2.05, 4.69) is 42.2 Å². The third-order valence-corrected chi connectivity index (χ3v) is 4.82. The van der Waals surface area contributed by atoms with Crippen LogP contribution in [0.3, 0.4) is 0 Å². The van der Waals surface area contributed by atoms with Crippen molar-refractivity contribution in [3.05, 3.63) is 54.4 Å². The molecule has 3 rings (SSSR count). The maximum Gasteiger partial charge on any atom is 0.243 e. The van der Waals surface area contributed by atoms with E-state index >= 15 is 0 Å². The van der Waals surface area contributed by atoms with E-state index in [0.717, 1.165) is 51.1 Å². The second-order valence-electron chi connectivity index (χ2n) is 7.11. The molecule has 1 saturated heterocycles. The number of aromatic nitrogens is 2. The van der Waals surface area contributed by atoms with Gasteiger partial charge in [-0.3, -0.25) is 4.79 Å². The van der Waals surface area contributed by atoms with Crippen LogP contribution >= 0.6 is 0 Å². The molecule has 0 atom stereocenters. The van der Waals surface area contributed by atoms with Gasteiger partial charge in [-0.1, -0.05) is 30.3 Å². The van der Waals surface area contributed by atoms with Crippen LogP contribution in [0.1, 0.15) is 5.56 Å². The molecule has 2 heterocycles. The van der Waals surface area contributed by atoms with E-state index in [1.165, 1.54) is 5.56 Å². The second kappa shape index (κ2) is 10.4. The number of carbonyl (C=O) groups excluding carboxylic acids is 1. The van der Waals surface area contributed by atoms with Gasteiger partial charge in [0.25, 0.3) is 0 Å². The summed E-state index contributed by atoms with van der Waals surface area (Å²) in [5.41, 5.74) is 1.27. The fraction of sp³-hybridized carbons (Fsp3) is 0.429. The molecule has 154 valence electrons. The van der Waals surface area contributed by atoms with Gasteiger partial charge in [-0.2, -0.15) is 0 Å². The van der Waals surface area contributed by atoms with Crippen molar-refractivity contribution in [1.29, 1.82) is 0 Å². The summed E-state index contributed by atoms with van der Waals surface area (Å²) >= 11 is 0. The van der Waals surface area contributed by atoms with Crippen molar-refractivity contribution >= 4 is 17.8 Å². The summed E-state index contributed by atoms with van der Waals surface area (Å²) in [5.74, 6) is 1.53. The molecule has 0 bridgehead atoms. The predicted octanol–water partition coefficient (Wildman–Crippen LogP) is 0.875. The van der Waals surface area contributed by atoms with Crippen LogP contribution in [-0.4, -0.2) is 85.0 Å². The molecule has 2 aromatic rings. The van der Waals surface area contributed by atoms with Crippen LogP contribution in [0.15, 0.2) is 53.8 Å². The van der Waals surface area contributed by atoms with E-state index in [0.29, 0.717) is 0 Å². The maximum atomic E-state index is 12.0. The molecule has 1 aliphatic heterocycles. The lowest BCUT2D eigenvalue weighted by Crippen LogP contribution is -2.53. The molecule has 0 saturated carbocycles. The number of anilines is 1. The Morgan fingerprint density at radius 3 is 2.41 bits per heavy atom. The molecule has 0 radical (unpaired) electrons. The Bertz CT molecular complexity index is 787. The third kappa shape index (κ3) is 6.17. The summed E-state index contributed by atoms with van der Waals surface area (Å²) < 4.78 is 0. The molecule has 1 amide bonds. The van der Waals surface area contributed by atoms with Crippen LogP contribution in [-0.2, 0) is 11.2 Å². The van der Waals surface area contributed by atoms with Gasteiger partial charge in [0.2, 0.25) is 11.9 Å². The SMILES string of the molecule is CN(C)C(=O)CN=C(NCCc1ccccc1)N1CCN(c2ncccn2)CC1. The molecule has 0 aliphatic carbocycles. The molecule has 1 aromatic carbocycles. The lowest BCUT2D eigenvalue weighted by atomic mass is 10.1. The molecule has 1 aliphatic rings. The predicted molar refractivity (Wildman–Crippen MR) is 115 cm³/mol. The second-order valence-corrected chi connectivity index (χ2v) is 7.11. The first kappa shape index (κ1) is 20.6. The summed E-state index contributed by atoms with van der Waals surface area (Å²) in [5, 5.41) is 3.44. The molecule has 8 heteroatoms. The lowest BCUT2D eigenvalue weighted by molar-refractivity contribution is -0.127. The number of amides is 1. The Kier molecular flexibility index (Phi) is 7.38. The van der Waals surface area contributed by atoms with Gasteiger partial charge in [0.1, 0.15) is 6.54 Å². The molecular weight excluding hydrogens is 366 g/mol. The molecule has 0 spiro atoms. The zero-order valence-electron chi connectivity index (χ0n) is 17.2. The van der Waals surface area contributed by atoms with Crippen LogP contribution in [0.5, 0.6) is 0 Å². The highest BCUT2D eigenvalue weighted by Crippen LogP contribution is 2.10. The zero-order valence-corrected chi connectivity index (χ0v) is 17.2.